The number of aryl methyl sites for hydroxylation is 1. The molecule has 21 heavy (non-hydrogen) atoms. The Morgan fingerprint density at radius 3 is 2.76 bits per heavy atom. The van der Waals surface area contributed by atoms with E-state index in [9.17, 15) is 18.0 Å². The molecule has 0 radical (unpaired) electrons. The van der Waals surface area contributed by atoms with Crippen molar-refractivity contribution >= 4 is 44.8 Å². The van der Waals surface area contributed by atoms with Gasteiger partial charge in [-0.05, 0) is 13.3 Å². The average molecular weight is 350 g/mol. The van der Waals surface area contributed by atoms with Crippen LogP contribution >= 0.6 is 23.1 Å². The standard InChI is InChI=1S/C11H14N2O5S3/c1-6-9(10(15)16)20-11(12-6)19-4-8(14)13-7-2-3-21(17,18)5-7/h7H,2-5H2,1H3,(H,13,14)(H,15,16). The molecule has 10 heteroatoms. The number of nitrogens with one attached hydrogen (secondary N) is 1. The normalized spacial score (nSPS) is 20.3. The number of hydrogen-bond acceptors (Lipinski definition) is 7. The molecule has 0 aliphatic carbocycles. The maximum atomic E-state index is 11.7. The molecule has 0 spiro atoms. The van der Waals surface area contributed by atoms with Crippen molar-refractivity contribution in [3.8, 4) is 0 Å². The molecule has 1 atom stereocenters. The Labute approximate surface area is 130 Å². The fourth-order valence-corrected chi connectivity index (χ4v) is 5.45. The van der Waals surface area contributed by atoms with E-state index in [-0.39, 0.29) is 34.1 Å². The van der Waals surface area contributed by atoms with Crippen LogP contribution in [-0.4, -0.2) is 53.7 Å². The molecule has 0 aromatic carbocycles. The minimum atomic E-state index is -3.02. The third kappa shape index (κ3) is 4.42. The SMILES string of the molecule is Cc1nc(SCC(=O)NC2CCS(=O)(=O)C2)sc1C(=O)O. The largest absolute Gasteiger partial charge is 0.477 e. The predicted octanol–water partition coefficient (Wildman–Crippen LogP) is 0.545. The lowest BCUT2D eigenvalue weighted by Crippen LogP contribution is -2.36. The van der Waals surface area contributed by atoms with E-state index in [1.165, 1.54) is 0 Å². The van der Waals surface area contributed by atoms with Gasteiger partial charge in [0.05, 0.1) is 23.0 Å². The summed E-state index contributed by atoms with van der Waals surface area (Å²) in [5, 5.41) is 11.6. The van der Waals surface area contributed by atoms with E-state index < -0.39 is 15.8 Å². The first kappa shape index (κ1) is 16.2. The Morgan fingerprint density at radius 1 is 1.52 bits per heavy atom. The first-order valence-electron chi connectivity index (χ1n) is 6.10. The van der Waals surface area contributed by atoms with Crippen LogP contribution in [-0.2, 0) is 14.6 Å². The maximum absolute atomic E-state index is 11.7. The predicted molar refractivity (Wildman–Crippen MR) is 79.7 cm³/mol. The second-order valence-corrected chi connectivity index (χ2v) is 9.11. The number of carboxylic acid groups (broad SMARTS) is 1. The van der Waals surface area contributed by atoms with Gasteiger partial charge in [-0.15, -0.1) is 11.3 Å². The van der Waals surface area contributed by atoms with Gasteiger partial charge in [-0.3, -0.25) is 4.79 Å². The molecule has 2 heterocycles. The Hall–Kier alpha value is -1.13. The molecule has 0 saturated carbocycles. The summed E-state index contributed by atoms with van der Waals surface area (Å²) < 4.78 is 23.1. The third-order valence-electron chi connectivity index (χ3n) is 2.90. The van der Waals surface area contributed by atoms with Gasteiger partial charge in [-0.25, -0.2) is 18.2 Å². The Kier molecular flexibility index (Phi) is 4.89. The lowest BCUT2D eigenvalue weighted by molar-refractivity contribution is -0.119. The van der Waals surface area contributed by atoms with Crippen molar-refractivity contribution in [3.63, 3.8) is 0 Å². The van der Waals surface area contributed by atoms with E-state index in [2.05, 4.69) is 10.3 Å². The molecule has 0 bridgehead atoms. The average Bonchev–Trinajstić information content (AvgIpc) is 2.90. The second-order valence-electron chi connectivity index (χ2n) is 4.66. The number of rotatable bonds is 5. The molecule has 1 amide bonds. The van der Waals surface area contributed by atoms with Gasteiger partial charge in [0.2, 0.25) is 5.91 Å². The molecule has 1 aromatic heterocycles. The fraction of sp³-hybridized carbons (Fsp3) is 0.545. The van der Waals surface area contributed by atoms with Gasteiger partial charge >= 0.3 is 5.97 Å². The lowest BCUT2D eigenvalue weighted by Gasteiger charge is -2.09. The molecular formula is C11H14N2O5S3. The van der Waals surface area contributed by atoms with Crippen molar-refractivity contribution < 1.29 is 23.1 Å². The van der Waals surface area contributed by atoms with E-state index in [4.69, 9.17) is 5.11 Å². The number of thiazole rings is 1. The maximum Gasteiger partial charge on any atom is 0.347 e. The molecule has 116 valence electrons. The van der Waals surface area contributed by atoms with Crippen molar-refractivity contribution in [3.05, 3.63) is 10.6 Å². The molecule has 1 fully saturated rings. The van der Waals surface area contributed by atoms with Crippen LogP contribution in [0.3, 0.4) is 0 Å². The molecule has 1 saturated heterocycles. The zero-order valence-corrected chi connectivity index (χ0v) is 13.6. The summed E-state index contributed by atoms with van der Waals surface area (Å²) in [7, 11) is -3.02. The molecule has 1 aliphatic rings. The van der Waals surface area contributed by atoms with Crippen molar-refractivity contribution in [2.24, 2.45) is 0 Å². The first-order chi connectivity index (χ1) is 9.77. The van der Waals surface area contributed by atoms with Crippen LogP contribution in [0.2, 0.25) is 0 Å². The van der Waals surface area contributed by atoms with Crippen LogP contribution in [0.1, 0.15) is 21.8 Å². The highest BCUT2D eigenvalue weighted by Gasteiger charge is 2.28. The van der Waals surface area contributed by atoms with Crippen LogP contribution in [0.15, 0.2) is 4.34 Å². The van der Waals surface area contributed by atoms with Gasteiger partial charge < -0.3 is 10.4 Å². The quantitative estimate of drug-likeness (QED) is 0.745. The number of aromatic carboxylic acids is 1. The van der Waals surface area contributed by atoms with E-state index >= 15 is 0 Å². The monoisotopic (exact) mass is 350 g/mol. The first-order valence-corrected chi connectivity index (χ1v) is 9.72. The van der Waals surface area contributed by atoms with Crippen LogP contribution in [0.5, 0.6) is 0 Å². The number of sulfone groups is 1. The number of carboxylic acids is 1. The summed E-state index contributed by atoms with van der Waals surface area (Å²) in [5.41, 5.74) is 0.428. The summed E-state index contributed by atoms with van der Waals surface area (Å²) in [6.45, 7) is 1.60. The molecule has 1 aromatic rings. The van der Waals surface area contributed by atoms with Gasteiger partial charge in [-0.1, -0.05) is 11.8 Å². The van der Waals surface area contributed by atoms with Crippen LogP contribution < -0.4 is 5.32 Å². The molecular weight excluding hydrogens is 336 g/mol. The minimum absolute atomic E-state index is 0.0110. The third-order valence-corrected chi connectivity index (χ3v) is 6.95. The zero-order chi connectivity index (χ0) is 15.6. The van der Waals surface area contributed by atoms with E-state index in [1.54, 1.807) is 6.92 Å². The molecule has 7 nitrogen and oxygen atoms in total. The van der Waals surface area contributed by atoms with Crippen LogP contribution in [0, 0.1) is 6.92 Å². The van der Waals surface area contributed by atoms with E-state index in [0.717, 1.165) is 23.1 Å². The van der Waals surface area contributed by atoms with Gasteiger partial charge in [-0.2, -0.15) is 0 Å². The highest BCUT2D eigenvalue weighted by Crippen LogP contribution is 2.27. The highest BCUT2D eigenvalue weighted by atomic mass is 32.2. The molecule has 1 aliphatic heterocycles. The molecule has 2 rings (SSSR count). The van der Waals surface area contributed by atoms with Crippen LogP contribution in [0.4, 0.5) is 0 Å². The minimum Gasteiger partial charge on any atom is -0.477 e. The van der Waals surface area contributed by atoms with Crippen molar-refractivity contribution in [2.45, 2.75) is 23.7 Å². The number of amides is 1. The van der Waals surface area contributed by atoms with Crippen molar-refractivity contribution in [1.82, 2.24) is 10.3 Å². The number of thioether (sulfide) groups is 1. The Balaban J connectivity index is 1.84. The summed E-state index contributed by atoms with van der Waals surface area (Å²) >= 11 is 2.18. The number of nitrogens with zero attached hydrogens (tertiary/aromatic N) is 1. The number of carbonyl (C=O) groups is 2. The summed E-state index contributed by atoms with van der Waals surface area (Å²) in [4.78, 5) is 26.9. The molecule has 2 N–H and O–H groups in total. The Morgan fingerprint density at radius 2 is 2.24 bits per heavy atom. The topological polar surface area (TPSA) is 113 Å². The fourth-order valence-electron chi connectivity index (χ4n) is 1.94. The summed E-state index contributed by atoms with van der Waals surface area (Å²) in [6, 6.07) is -0.323. The van der Waals surface area contributed by atoms with E-state index in [0.29, 0.717) is 16.5 Å². The van der Waals surface area contributed by atoms with Crippen LogP contribution in [0.25, 0.3) is 0 Å². The summed E-state index contributed by atoms with van der Waals surface area (Å²) in [6.07, 6.45) is 0.443. The van der Waals surface area contributed by atoms with E-state index in [1.807, 2.05) is 0 Å². The number of carbonyl (C=O) groups excluding carboxylic acids is 1. The molecule has 1 unspecified atom stereocenters. The lowest BCUT2D eigenvalue weighted by atomic mass is 10.3. The van der Waals surface area contributed by atoms with Gasteiger partial charge in [0.1, 0.15) is 4.88 Å². The summed E-state index contributed by atoms with van der Waals surface area (Å²) in [5.74, 6) is -1.12. The van der Waals surface area contributed by atoms with Gasteiger partial charge in [0, 0.05) is 6.04 Å². The van der Waals surface area contributed by atoms with Crippen molar-refractivity contribution in [1.29, 1.82) is 0 Å². The number of hydrogen-bond donors (Lipinski definition) is 2. The number of aromatic nitrogens is 1. The second kappa shape index (κ2) is 6.32. The smallest absolute Gasteiger partial charge is 0.347 e. The Bertz CT molecular complexity index is 667. The van der Waals surface area contributed by atoms with Gasteiger partial charge in [0.15, 0.2) is 14.2 Å². The van der Waals surface area contributed by atoms with Crippen molar-refractivity contribution in [2.75, 3.05) is 17.3 Å². The zero-order valence-electron chi connectivity index (χ0n) is 11.2. The highest BCUT2D eigenvalue weighted by molar-refractivity contribution is 8.01. The van der Waals surface area contributed by atoms with Gasteiger partial charge in [0.25, 0.3) is 0 Å².